The summed E-state index contributed by atoms with van der Waals surface area (Å²) in [6.45, 7) is 0.537. The molecule has 1 amide bonds. The number of ether oxygens (including phenoxy) is 1. The molecular weight excluding hydrogens is 383 g/mol. The molecule has 2 heterocycles. The van der Waals surface area contributed by atoms with Crippen molar-refractivity contribution in [2.45, 2.75) is 19.3 Å². The zero-order chi connectivity index (χ0) is 19.4. The largest absolute Gasteiger partial charge is 0.573 e. The van der Waals surface area contributed by atoms with Crippen molar-refractivity contribution in [3.63, 3.8) is 0 Å². The quantitative estimate of drug-likeness (QED) is 0.489. The highest BCUT2D eigenvalue weighted by molar-refractivity contribution is 7.17. The van der Waals surface area contributed by atoms with Crippen molar-refractivity contribution in [1.82, 2.24) is 15.3 Å². The zero-order valence-electron chi connectivity index (χ0n) is 13.7. The van der Waals surface area contributed by atoms with Gasteiger partial charge in [-0.05, 0) is 42.3 Å². The Bertz CT molecular complexity index is 919. The normalized spacial score (nSPS) is 11.4. The van der Waals surface area contributed by atoms with Gasteiger partial charge in [-0.15, -0.1) is 24.5 Å². The lowest BCUT2D eigenvalue weighted by atomic mass is 10.1. The first-order valence-corrected chi connectivity index (χ1v) is 8.58. The number of amides is 1. The van der Waals surface area contributed by atoms with Crippen molar-refractivity contribution >= 4 is 17.2 Å². The average Bonchev–Trinajstić information content (AvgIpc) is 3.28. The number of hydroxylamine groups is 1. The number of thiophene rings is 1. The van der Waals surface area contributed by atoms with E-state index in [0.717, 1.165) is 10.4 Å². The Kier molecular flexibility index (Phi) is 5.47. The first kappa shape index (κ1) is 18.9. The van der Waals surface area contributed by atoms with Crippen LogP contribution in [0.15, 0.2) is 48.7 Å². The number of carbonyl (C=O) groups is 1. The molecule has 2 N–H and O–H groups in total. The third-order valence-corrected chi connectivity index (χ3v) is 4.72. The van der Waals surface area contributed by atoms with Gasteiger partial charge in [0.25, 0.3) is 5.91 Å². The maximum absolute atomic E-state index is 12.2. The second-order valence-corrected chi connectivity index (χ2v) is 6.59. The maximum atomic E-state index is 12.2. The van der Waals surface area contributed by atoms with Gasteiger partial charge >= 0.3 is 6.36 Å². The lowest BCUT2D eigenvalue weighted by Crippen LogP contribution is -2.17. The van der Waals surface area contributed by atoms with Gasteiger partial charge in [-0.25, -0.2) is 5.48 Å². The first-order valence-electron chi connectivity index (χ1n) is 7.77. The van der Waals surface area contributed by atoms with E-state index >= 15 is 0 Å². The Morgan fingerprint density at radius 2 is 1.93 bits per heavy atom. The van der Waals surface area contributed by atoms with E-state index in [-0.39, 0.29) is 5.75 Å². The van der Waals surface area contributed by atoms with Gasteiger partial charge in [-0.2, -0.15) is 5.10 Å². The number of alkyl halides is 3. The second-order valence-electron chi connectivity index (χ2n) is 5.51. The van der Waals surface area contributed by atoms with Gasteiger partial charge in [-0.1, -0.05) is 12.1 Å². The summed E-state index contributed by atoms with van der Waals surface area (Å²) in [6.07, 6.45) is -2.34. The van der Waals surface area contributed by atoms with Crippen molar-refractivity contribution in [2.75, 3.05) is 0 Å². The number of hydrogen-bond acceptors (Lipinski definition) is 5. The summed E-state index contributed by atoms with van der Waals surface area (Å²) in [6, 6.07) is 10.8. The summed E-state index contributed by atoms with van der Waals surface area (Å²) < 4.78 is 42.0. The van der Waals surface area contributed by atoms with Crippen molar-refractivity contribution < 1.29 is 27.9 Å². The Morgan fingerprint density at radius 3 is 2.59 bits per heavy atom. The molecule has 3 rings (SSSR count). The number of rotatable bonds is 6. The maximum Gasteiger partial charge on any atom is 0.573 e. The zero-order valence-corrected chi connectivity index (χ0v) is 14.5. The standard InChI is InChI=1S/C17H14F3N3O3S/c18-17(19,20)26-12-3-1-11(2-4-12)7-9-23-10-8-13(21-23)14-5-6-15(27-14)16(24)22-25/h1-6,8,10,25H,7,9H2,(H,22,24). The third-order valence-electron chi connectivity index (χ3n) is 3.61. The summed E-state index contributed by atoms with van der Waals surface area (Å²) in [5.74, 6) is -0.836. The number of carbonyl (C=O) groups excluding carboxylic acids is 1. The van der Waals surface area contributed by atoms with Gasteiger partial charge in [-0.3, -0.25) is 14.7 Å². The molecule has 0 atom stereocenters. The summed E-state index contributed by atoms with van der Waals surface area (Å²) in [4.78, 5) is 12.5. The fourth-order valence-electron chi connectivity index (χ4n) is 2.37. The van der Waals surface area contributed by atoms with Crippen LogP contribution < -0.4 is 10.2 Å². The van der Waals surface area contributed by atoms with Gasteiger partial charge in [0, 0.05) is 12.7 Å². The van der Waals surface area contributed by atoms with Crippen LogP contribution in [0.4, 0.5) is 13.2 Å². The van der Waals surface area contributed by atoms with Crippen LogP contribution in [0, 0.1) is 0 Å². The fourth-order valence-corrected chi connectivity index (χ4v) is 3.23. The van der Waals surface area contributed by atoms with E-state index in [1.165, 1.54) is 23.5 Å². The molecule has 27 heavy (non-hydrogen) atoms. The molecule has 10 heteroatoms. The fraction of sp³-hybridized carbons (Fsp3) is 0.176. The van der Waals surface area contributed by atoms with Crippen LogP contribution in [0.1, 0.15) is 15.2 Å². The minimum Gasteiger partial charge on any atom is -0.406 e. The highest BCUT2D eigenvalue weighted by atomic mass is 32.1. The van der Waals surface area contributed by atoms with Crippen molar-refractivity contribution in [3.05, 3.63) is 59.1 Å². The van der Waals surface area contributed by atoms with Crippen molar-refractivity contribution in [1.29, 1.82) is 0 Å². The molecule has 0 bridgehead atoms. The van der Waals surface area contributed by atoms with Gasteiger partial charge < -0.3 is 4.74 Å². The van der Waals surface area contributed by atoms with E-state index in [2.05, 4.69) is 9.84 Å². The summed E-state index contributed by atoms with van der Waals surface area (Å²) >= 11 is 1.20. The molecule has 2 aromatic heterocycles. The third kappa shape index (κ3) is 5.08. The van der Waals surface area contributed by atoms with Gasteiger partial charge in [0.05, 0.1) is 9.75 Å². The summed E-state index contributed by atoms with van der Waals surface area (Å²) in [5.41, 5.74) is 3.11. The summed E-state index contributed by atoms with van der Waals surface area (Å²) in [5, 5.41) is 13.1. The summed E-state index contributed by atoms with van der Waals surface area (Å²) in [7, 11) is 0. The predicted molar refractivity (Wildman–Crippen MR) is 91.6 cm³/mol. The van der Waals surface area contributed by atoms with E-state index in [9.17, 15) is 18.0 Å². The molecule has 0 unspecified atom stereocenters. The van der Waals surface area contributed by atoms with Crippen molar-refractivity contribution in [3.8, 4) is 16.3 Å². The number of nitrogens with zero attached hydrogens (tertiary/aromatic N) is 2. The molecular formula is C17H14F3N3O3S. The second kappa shape index (κ2) is 7.80. The minimum atomic E-state index is -4.70. The Hall–Kier alpha value is -2.85. The van der Waals surface area contributed by atoms with Crippen LogP contribution in [-0.2, 0) is 13.0 Å². The molecule has 1 aromatic carbocycles. The molecule has 6 nitrogen and oxygen atoms in total. The van der Waals surface area contributed by atoms with Crippen LogP contribution in [0.2, 0.25) is 0 Å². The first-order chi connectivity index (χ1) is 12.8. The molecule has 0 aliphatic carbocycles. The number of aryl methyl sites for hydroxylation is 2. The van der Waals surface area contributed by atoms with Crippen LogP contribution in [0.3, 0.4) is 0 Å². The topological polar surface area (TPSA) is 76.4 Å². The Labute approximate surface area is 155 Å². The lowest BCUT2D eigenvalue weighted by molar-refractivity contribution is -0.274. The SMILES string of the molecule is O=C(NO)c1ccc(-c2ccn(CCc3ccc(OC(F)(F)F)cc3)n2)s1. The molecule has 142 valence electrons. The monoisotopic (exact) mass is 397 g/mol. The van der Waals surface area contributed by atoms with Gasteiger partial charge in [0.1, 0.15) is 11.4 Å². The highest BCUT2D eigenvalue weighted by Crippen LogP contribution is 2.27. The van der Waals surface area contributed by atoms with E-state index in [4.69, 9.17) is 5.21 Å². The van der Waals surface area contributed by atoms with Crippen LogP contribution in [0.25, 0.3) is 10.6 Å². The average molecular weight is 397 g/mol. The van der Waals surface area contributed by atoms with Gasteiger partial charge in [0.15, 0.2) is 0 Å². The number of halogens is 3. The smallest absolute Gasteiger partial charge is 0.406 e. The van der Waals surface area contributed by atoms with E-state index < -0.39 is 12.3 Å². The number of benzene rings is 1. The number of nitrogens with one attached hydrogen (secondary N) is 1. The molecule has 0 aliphatic heterocycles. The Morgan fingerprint density at radius 1 is 1.19 bits per heavy atom. The van der Waals surface area contributed by atoms with E-state index in [1.807, 2.05) is 0 Å². The molecule has 0 radical (unpaired) electrons. The number of hydrogen-bond donors (Lipinski definition) is 2. The van der Waals surface area contributed by atoms with Gasteiger partial charge in [0.2, 0.25) is 0 Å². The molecule has 0 saturated carbocycles. The van der Waals surface area contributed by atoms with E-state index in [0.29, 0.717) is 23.5 Å². The lowest BCUT2D eigenvalue weighted by Gasteiger charge is -2.09. The van der Waals surface area contributed by atoms with Crippen LogP contribution >= 0.6 is 11.3 Å². The molecule has 0 fully saturated rings. The molecule has 0 aliphatic rings. The van der Waals surface area contributed by atoms with Crippen molar-refractivity contribution in [2.24, 2.45) is 0 Å². The Balaban J connectivity index is 1.59. The molecule has 0 saturated heterocycles. The highest BCUT2D eigenvalue weighted by Gasteiger charge is 2.30. The predicted octanol–water partition coefficient (Wildman–Crippen LogP) is 3.87. The molecule has 0 spiro atoms. The molecule has 3 aromatic rings. The van der Waals surface area contributed by atoms with Crippen LogP contribution in [0.5, 0.6) is 5.75 Å². The van der Waals surface area contributed by atoms with E-state index in [1.54, 1.807) is 46.7 Å². The number of aromatic nitrogens is 2. The van der Waals surface area contributed by atoms with Crippen LogP contribution in [-0.4, -0.2) is 27.3 Å². The minimum absolute atomic E-state index is 0.256.